The number of rotatable bonds is 5. The second-order valence-electron chi connectivity index (χ2n) is 8.00. The Morgan fingerprint density at radius 3 is 2.35 bits per heavy atom. The first-order valence-electron chi connectivity index (χ1n) is 10.9. The summed E-state index contributed by atoms with van der Waals surface area (Å²) in [7, 11) is 0. The lowest BCUT2D eigenvalue weighted by molar-refractivity contribution is -0.122. The number of benzene rings is 3. The molecular formula is C26H25N5O2S. The maximum absolute atomic E-state index is 13.0. The highest BCUT2D eigenvalue weighted by molar-refractivity contribution is 7.80. The average molecular weight is 472 g/mol. The van der Waals surface area contributed by atoms with Crippen LogP contribution in [-0.4, -0.2) is 20.8 Å². The third-order valence-corrected chi connectivity index (χ3v) is 5.80. The number of nitrogens with zero attached hydrogens (tertiary/aromatic N) is 2. The van der Waals surface area contributed by atoms with Crippen molar-refractivity contribution in [1.82, 2.24) is 25.9 Å². The van der Waals surface area contributed by atoms with Gasteiger partial charge in [0, 0.05) is 17.5 Å². The van der Waals surface area contributed by atoms with Crippen LogP contribution in [0.15, 0.2) is 77.6 Å². The Morgan fingerprint density at radius 2 is 1.62 bits per heavy atom. The molecule has 0 atom stereocenters. The van der Waals surface area contributed by atoms with Crippen molar-refractivity contribution in [2.24, 2.45) is 0 Å². The van der Waals surface area contributed by atoms with Crippen LogP contribution in [-0.2, 0) is 17.9 Å². The molecular weight excluding hydrogens is 446 g/mol. The first kappa shape index (κ1) is 23.1. The van der Waals surface area contributed by atoms with E-state index < -0.39 is 5.91 Å². The van der Waals surface area contributed by atoms with Gasteiger partial charge in [0.25, 0.3) is 11.5 Å². The molecule has 0 aliphatic heterocycles. The summed E-state index contributed by atoms with van der Waals surface area (Å²) in [6, 6.07) is 23.1. The highest BCUT2D eigenvalue weighted by Gasteiger charge is 2.15. The maximum Gasteiger partial charge on any atom is 0.275 e. The van der Waals surface area contributed by atoms with Gasteiger partial charge in [-0.25, -0.2) is 4.68 Å². The van der Waals surface area contributed by atoms with Crippen molar-refractivity contribution in [3.63, 3.8) is 0 Å². The van der Waals surface area contributed by atoms with Crippen molar-refractivity contribution in [1.29, 1.82) is 0 Å². The van der Waals surface area contributed by atoms with Gasteiger partial charge in [0.05, 0.1) is 11.1 Å². The molecule has 0 saturated carbocycles. The molecule has 172 valence electrons. The molecule has 0 fully saturated rings. The van der Waals surface area contributed by atoms with Crippen molar-refractivity contribution in [3.8, 4) is 11.3 Å². The van der Waals surface area contributed by atoms with E-state index >= 15 is 0 Å². The van der Waals surface area contributed by atoms with Crippen LogP contribution in [0.3, 0.4) is 0 Å². The summed E-state index contributed by atoms with van der Waals surface area (Å²) in [5.41, 5.74) is 9.76. The van der Waals surface area contributed by atoms with Gasteiger partial charge < -0.3 is 5.32 Å². The second-order valence-corrected chi connectivity index (χ2v) is 8.41. The van der Waals surface area contributed by atoms with Gasteiger partial charge in [0.15, 0.2) is 5.11 Å². The van der Waals surface area contributed by atoms with E-state index in [9.17, 15) is 9.59 Å². The summed E-state index contributed by atoms with van der Waals surface area (Å²) in [5.74, 6) is -0.445. The summed E-state index contributed by atoms with van der Waals surface area (Å²) in [5, 5.41) is 9.09. The number of aryl methyl sites for hydroxylation is 2. The van der Waals surface area contributed by atoms with Crippen LogP contribution in [0.4, 0.5) is 0 Å². The van der Waals surface area contributed by atoms with E-state index in [4.69, 9.17) is 12.2 Å². The maximum atomic E-state index is 13.0. The molecule has 3 N–H and O–H groups in total. The molecule has 0 spiro atoms. The standard InChI is InChI=1S/C26H25N5O2S/c1-17-12-13-20(14-18(17)2)24-21-10-6-7-11-22(21)25(33)31(30-24)16-23(32)28-29-26(34)27-15-19-8-4-3-5-9-19/h3-14H,15-16H2,1-2H3,(H,28,32)(H2,27,29,34). The number of carbonyl (C=O) groups excluding carboxylic acids is 1. The molecule has 0 aliphatic rings. The Labute approximate surface area is 202 Å². The Morgan fingerprint density at radius 1 is 0.912 bits per heavy atom. The summed E-state index contributed by atoms with van der Waals surface area (Å²) in [6.07, 6.45) is 0. The molecule has 4 rings (SSSR count). The summed E-state index contributed by atoms with van der Waals surface area (Å²) >= 11 is 5.21. The summed E-state index contributed by atoms with van der Waals surface area (Å²) < 4.78 is 1.18. The van der Waals surface area contributed by atoms with E-state index in [-0.39, 0.29) is 17.2 Å². The third-order valence-electron chi connectivity index (χ3n) is 5.55. The van der Waals surface area contributed by atoms with Gasteiger partial charge in [-0.2, -0.15) is 5.10 Å². The number of hydrogen-bond donors (Lipinski definition) is 3. The number of aromatic nitrogens is 2. The molecule has 8 heteroatoms. The summed E-state index contributed by atoms with van der Waals surface area (Å²) in [6.45, 7) is 4.34. The number of carbonyl (C=O) groups is 1. The van der Waals surface area contributed by atoms with E-state index in [1.807, 2.05) is 74.5 Å². The molecule has 0 saturated heterocycles. The minimum atomic E-state index is -0.445. The molecule has 1 aromatic heterocycles. The first-order chi connectivity index (χ1) is 16.4. The van der Waals surface area contributed by atoms with Crippen molar-refractivity contribution < 1.29 is 4.79 Å². The zero-order valence-electron chi connectivity index (χ0n) is 19.0. The quantitative estimate of drug-likeness (QED) is 0.306. The molecule has 0 aliphatic carbocycles. The average Bonchev–Trinajstić information content (AvgIpc) is 2.85. The monoisotopic (exact) mass is 471 g/mol. The molecule has 0 radical (unpaired) electrons. The zero-order valence-corrected chi connectivity index (χ0v) is 19.8. The predicted molar refractivity (Wildman–Crippen MR) is 138 cm³/mol. The number of hydrogen-bond acceptors (Lipinski definition) is 4. The Bertz CT molecular complexity index is 1420. The highest BCUT2D eigenvalue weighted by atomic mass is 32.1. The molecule has 7 nitrogen and oxygen atoms in total. The third kappa shape index (κ3) is 5.29. The Hall–Kier alpha value is -4.04. The van der Waals surface area contributed by atoms with E-state index in [1.165, 1.54) is 10.2 Å². The van der Waals surface area contributed by atoms with Crippen LogP contribution in [0.2, 0.25) is 0 Å². The zero-order chi connectivity index (χ0) is 24.1. The molecule has 34 heavy (non-hydrogen) atoms. The topological polar surface area (TPSA) is 88.1 Å². The fourth-order valence-electron chi connectivity index (χ4n) is 3.57. The van der Waals surface area contributed by atoms with Crippen LogP contribution in [0, 0.1) is 13.8 Å². The van der Waals surface area contributed by atoms with Crippen molar-refractivity contribution >= 4 is 34.0 Å². The minimum Gasteiger partial charge on any atom is -0.357 e. The molecule has 4 aromatic rings. The molecule has 0 bridgehead atoms. The fourth-order valence-corrected chi connectivity index (χ4v) is 3.69. The van der Waals surface area contributed by atoms with Gasteiger partial charge in [0.2, 0.25) is 0 Å². The lowest BCUT2D eigenvalue weighted by atomic mass is 10.0. The van der Waals surface area contributed by atoms with Crippen molar-refractivity contribution in [3.05, 3.63) is 99.8 Å². The fraction of sp³-hybridized carbons (Fsp3) is 0.154. The largest absolute Gasteiger partial charge is 0.357 e. The smallest absolute Gasteiger partial charge is 0.275 e. The van der Waals surface area contributed by atoms with Crippen LogP contribution >= 0.6 is 12.2 Å². The second kappa shape index (κ2) is 10.3. The van der Waals surface area contributed by atoms with Crippen molar-refractivity contribution in [2.75, 3.05) is 0 Å². The van der Waals surface area contributed by atoms with E-state index in [2.05, 4.69) is 21.3 Å². The molecule has 3 aromatic carbocycles. The van der Waals surface area contributed by atoms with Crippen LogP contribution < -0.4 is 21.7 Å². The Balaban J connectivity index is 1.50. The predicted octanol–water partition coefficient (Wildman–Crippen LogP) is 3.38. The SMILES string of the molecule is Cc1ccc(-c2nn(CC(=O)NNC(=S)NCc3ccccc3)c(=O)c3ccccc23)cc1C. The lowest BCUT2D eigenvalue weighted by Crippen LogP contribution is -2.48. The number of amides is 1. The summed E-state index contributed by atoms with van der Waals surface area (Å²) in [4.78, 5) is 25.6. The van der Waals surface area contributed by atoms with Gasteiger partial charge in [0.1, 0.15) is 6.54 Å². The number of fused-ring (bicyclic) bond motifs is 1. The molecule has 1 heterocycles. The normalized spacial score (nSPS) is 10.6. The van der Waals surface area contributed by atoms with E-state index in [0.717, 1.165) is 22.1 Å². The first-order valence-corrected chi connectivity index (χ1v) is 11.3. The molecule has 0 unspecified atom stereocenters. The van der Waals surface area contributed by atoms with Crippen molar-refractivity contribution in [2.45, 2.75) is 26.9 Å². The molecule has 1 amide bonds. The van der Waals surface area contributed by atoms with Gasteiger partial charge in [-0.15, -0.1) is 0 Å². The van der Waals surface area contributed by atoms with Crippen LogP contribution in [0.1, 0.15) is 16.7 Å². The van der Waals surface area contributed by atoms with Crippen LogP contribution in [0.25, 0.3) is 22.0 Å². The van der Waals surface area contributed by atoms with E-state index in [1.54, 1.807) is 12.1 Å². The van der Waals surface area contributed by atoms with E-state index in [0.29, 0.717) is 17.6 Å². The number of hydrazine groups is 1. The van der Waals surface area contributed by atoms with Gasteiger partial charge in [-0.3, -0.25) is 20.4 Å². The number of thiocarbonyl (C=S) groups is 1. The van der Waals surface area contributed by atoms with Gasteiger partial charge in [-0.1, -0.05) is 60.7 Å². The Kier molecular flexibility index (Phi) is 6.98. The lowest BCUT2D eigenvalue weighted by Gasteiger charge is -2.14. The highest BCUT2D eigenvalue weighted by Crippen LogP contribution is 2.26. The van der Waals surface area contributed by atoms with Gasteiger partial charge >= 0.3 is 0 Å². The number of nitrogens with one attached hydrogen (secondary N) is 3. The minimum absolute atomic E-state index is 0.254. The van der Waals surface area contributed by atoms with Gasteiger partial charge in [-0.05, 0) is 54.9 Å². The van der Waals surface area contributed by atoms with Crippen LogP contribution in [0.5, 0.6) is 0 Å².